The van der Waals surface area contributed by atoms with Crippen LogP contribution in [0.5, 0.6) is 0 Å². The van der Waals surface area contributed by atoms with Gasteiger partial charge in [0.25, 0.3) is 0 Å². The monoisotopic (exact) mass is 430 g/mol. The third kappa shape index (κ3) is 4.59. The molecule has 4 rings (SSSR count). The number of rotatable bonds is 8. The van der Waals surface area contributed by atoms with Crippen molar-refractivity contribution in [2.75, 3.05) is 0 Å². The summed E-state index contributed by atoms with van der Waals surface area (Å²) < 4.78 is 7.27. The number of fused-ring (bicyclic) bond motifs is 1. The molecule has 6 nitrogen and oxygen atoms in total. The van der Waals surface area contributed by atoms with E-state index in [-0.39, 0.29) is 11.9 Å². The lowest BCUT2D eigenvalue weighted by molar-refractivity contribution is -0.121. The van der Waals surface area contributed by atoms with Crippen LogP contribution in [-0.2, 0) is 17.6 Å². The fourth-order valence-corrected chi connectivity index (χ4v) is 4.29. The predicted octanol–water partition coefficient (Wildman–Crippen LogP) is 5.01. The van der Waals surface area contributed by atoms with Crippen molar-refractivity contribution < 1.29 is 9.21 Å². The van der Waals surface area contributed by atoms with Crippen LogP contribution >= 0.6 is 0 Å². The normalized spacial score (nSPS) is 12.2. The first-order valence-electron chi connectivity index (χ1n) is 11.2. The molecule has 1 amide bonds. The minimum absolute atomic E-state index is 0.0625. The smallest absolute Gasteiger partial charge is 0.220 e. The highest BCUT2D eigenvalue weighted by Crippen LogP contribution is 2.28. The number of hydrogen-bond donors (Lipinski definition) is 1. The van der Waals surface area contributed by atoms with Gasteiger partial charge >= 0.3 is 0 Å². The van der Waals surface area contributed by atoms with Crippen molar-refractivity contribution in [2.45, 2.75) is 59.4 Å². The van der Waals surface area contributed by atoms with Crippen molar-refractivity contribution in [3.8, 4) is 5.69 Å². The third-order valence-electron chi connectivity index (χ3n) is 5.99. The number of para-hydroxylation sites is 1. The topological polar surface area (TPSA) is 73.0 Å². The van der Waals surface area contributed by atoms with E-state index in [0.717, 1.165) is 57.8 Å². The molecule has 0 unspecified atom stereocenters. The van der Waals surface area contributed by atoms with Crippen molar-refractivity contribution in [1.29, 1.82) is 0 Å². The summed E-state index contributed by atoms with van der Waals surface area (Å²) >= 11 is 0. The number of nitrogens with one attached hydrogen (secondary N) is 1. The van der Waals surface area contributed by atoms with Crippen LogP contribution in [0.3, 0.4) is 0 Å². The minimum Gasteiger partial charge on any atom is -0.469 e. The quantitative estimate of drug-likeness (QED) is 0.426. The van der Waals surface area contributed by atoms with Gasteiger partial charge in [0.1, 0.15) is 5.76 Å². The number of aryl methyl sites for hydroxylation is 4. The molecule has 0 bridgehead atoms. The van der Waals surface area contributed by atoms with Gasteiger partial charge in [-0.3, -0.25) is 4.79 Å². The minimum atomic E-state index is 0.0625. The van der Waals surface area contributed by atoms with Crippen LogP contribution < -0.4 is 5.32 Å². The second-order valence-corrected chi connectivity index (χ2v) is 8.42. The standard InChI is InChI=1S/C26H30N4O2/c1-17(12-13-22-11-8-16-32-22)27-24(31)15-14-23-18(2)25-20(4)29-30(26(25)28-19(23)3)21-9-6-5-7-10-21/h5-11,16-17H,12-15H2,1-4H3,(H,27,31)/t17-/m1/s1. The molecule has 1 N–H and O–H groups in total. The Morgan fingerprint density at radius 2 is 1.84 bits per heavy atom. The maximum Gasteiger partial charge on any atom is 0.220 e. The Labute approximate surface area is 188 Å². The molecule has 3 aromatic heterocycles. The number of amides is 1. The van der Waals surface area contributed by atoms with E-state index in [1.807, 2.05) is 67.9 Å². The van der Waals surface area contributed by atoms with Crippen LogP contribution in [0, 0.1) is 20.8 Å². The summed E-state index contributed by atoms with van der Waals surface area (Å²) in [5, 5.41) is 8.93. The second-order valence-electron chi connectivity index (χ2n) is 8.42. The Hall–Kier alpha value is -3.41. The van der Waals surface area contributed by atoms with Gasteiger partial charge < -0.3 is 9.73 Å². The molecule has 32 heavy (non-hydrogen) atoms. The summed E-state index contributed by atoms with van der Waals surface area (Å²) in [5.74, 6) is 1.01. The summed E-state index contributed by atoms with van der Waals surface area (Å²) in [5.41, 5.74) is 6.05. The first-order chi connectivity index (χ1) is 15.4. The molecule has 0 fully saturated rings. The first-order valence-corrected chi connectivity index (χ1v) is 11.2. The molecule has 0 radical (unpaired) electrons. The van der Waals surface area contributed by atoms with Crippen molar-refractivity contribution >= 4 is 16.9 Å². The Morgan fingerprint density at radius 3 is 2.56 bits per heavy atom. The van der Waals surface area contributed by atoms with Gasteiger partial charge in [-0.05, 0) is 75.9 Å². The van der Waals surface area contributed by atoms with Crippen LogP contribution in [0.2, 0.25) is 0 Å². The molecule has 6 heteroatoms. The van der Waals surface area contributed by atoms with Gasteiger partial charge in [0, 0.05) is 30.0 Å². The van der Waals surface area contributed by atoms with Crippen molar-refractivity contribution in [3.63, 3.8) is 0 Å². The maximum absolute atomic E-state index is 12.6. The van der Waals surface area contributed by atoms with Crippen LogP contribution in [-0.4, -0.2) is 26.7 Å². The summed E-state index contributed by atoms with van der Waals surface area (Å²) in [4.78, 5) is 17.4. The Bertz CT molecular complexity index is 1210. The SMILES string of the molecule is Cc1nc2c(c(C)nn2-c2ccccc2)c(C)c1CCC(=O)N[C@H](C)CCc1ccco1. The largest absolute Gasteiger partial charge is 0.469 e. The van der Waals surface area contributed by atoms with E-state index in [4.69, 9.17) is 14.5 Å². The zero-order chi connectivity index (χ0) is 22.7. The summed E-state index contributed by atoms with van der Waals surface area (Å²) in [6.07, 6.45) is 4.44. The highest BCUT2D eigenvalue weighted by Gasteiger charge is 2.18. The molecule has 1 atom stereocenters. The second kappa shape index (κ2) is 9.39. The van der Waals surface area contributed by atoms with E-state index < -0.39 is 0 Å². The van der Waals surface area contributed by atoms with Crippen molar-refractivity contribution in [2.24, 2.45) is 0 Å². The van der Waals surface area contributed by atoms with Gasteiger partial charge in [0.05, 0.1) is 17.6 Å². The van der Waals surface area contributed by atoms with E-state index in [2.05, 4.69) is 12.2 Å². The number of benzene rings is 1. The van der Waals surface area contributed by atoms with Gasteiger partial charge in [-0.15, -0.1) is 0 Å². The molecular formula is C26H30N4O2. The van der Waals surface area contributed by atoms with Gasteiger partial charge in [0.2, 0.25) is 5.91 Å². The number of carbonyl (C=O) groups is 1. The zero-order valence-electron chi connectivity index (χ0n) is 19.2. The molecule has 0 spiro atoms. The van der Waals surface area contributed by atoms with Gasteiger partial charge in [0.15, 0.2) is 5.65 Å². The summed E-state index contributed by atoms with van der Waals surface area (Å²) in [6.45, 7) is 8.18. The highest BCUT2D eigenvalue weighted by molar-refractivity contribution is 5.85. The molecule has 0 aliphatic carbocycles. The first kappa shape index (κ1) is 21.8. The number of furan rings is 1. The fourth-order valence-electron chi connectivity index (χ4n) is 4.29. The summed E-state index contributed by atoms with van der Waals surface area (Å²) in [7, 11) is 0. The molecule has 0 saturated carbocycles. The van der Waals surface area contributed by atoms with Crippen LogP contribution in [0.4, 0.5) is 0 Å². The third-order valence-corrected chi connectivity index (χ3v) is 5.99. The number of pyridine rings is 1. The highest BCUT2D eigenvalue weighted by atomic mass is 16.3. The zero-order valence-corrected chi connectivity index (χ0v) is 19.2. The average molecular weight is 431 g/mol. The number of nitrogens with zero attached hydrogens (tertiary/aromatic N) is 3. The van der Waals surface area contributed by atoms with Gasteiger partial charge in [-0.25, -0.2) is 9.67 Å². The molecular weight excluding hydrogens is 400 g/mol. The lowest BCUT2D eigenvalue weighted by Gasteiger charge is -2.15. The average Bonchev–Trinajstić information content (AvgIpc) is 3.40. The molecule has 1 aromatic carbocycles. The summed E-state index contributed by atoms with van der Waals surface area (Å²) in [6, 6.07) is 14.0. The number of aromatic nitrogens is 3. The van der Waals surface area contributed by atoms with Gasteiger partial charge in [-0.1, -0.05) is 18.2 Å². The van der Waals surface area contributed by atoms with E-state index >= 15 is 0 Å². The van der Waals surface area contributed by atoms with E-state index in [1.165, 1.54) is 0 Å². The van der Waals surface area contributed by atoms with Crippen molar-refractivity contribution in [3.05, 3.63) is 77.0 Å². The number of hydrogen-bond acceptors (Lipinski definition) is 4. The molecule has 3 heterocycles. The molecule has 4 aromatic rings. The van der Waals surface area contributed by atoms with Crippen LogP contribution in [0.25, 0.3) is 16.7 Å². The number of carbonyl (C=O) groups excluding carboxylic acids is 1. The van der Waals surface area contributed by atoms with E-state index in [9.17, 15) is 4.79 Å². The Balaban J connectivity index is 1.46. The fraction of sp³-hybridized carbons (Fsp3) is 0.346. The predicted molar refractivity (Wildman–Crippen MR) is 126 cm³/mol. The molecule has 0 aliphatic heterocycles. The lowest BCUT2D eigenvalue weighted by atomic mass is 9.99. The molecule has 0 aliphatic rings. The lowest BCUT2D eigenvalue weighted by Crippen LogP contribution is -2.33. The van der Waals surface area contributed by atoms with E-state index in [0.29, 0.717) is 12.8 Å². The van der Waals surface area contributed by atoms with Crippen molar-refractivity contribution in [1.82, 2.24) is 20.1 Å². The van der Waals surface area contributed by atoms with Gasteiger partial charge in [-0.2, -0.15) is 5.10 Å². The molecule has 0 saturated heterocycles. The Morgan fingerprint density at radius 1 is 1.06 bits per heavy atom. The van der Waals surface area contributed by atoms with E-state index in [1.54, 1.807) is 6.26 Å². The maximum atomic E-state index is 12.6. The van der Waals surface area contributed by atoms with Crippen LogP contribution in [0.15, 0.2) is 53.1 Å². The van der Waals surface area contributed by atoms with Crippen LogP contribution in [0.1, 0.15) is 48.0 Å². The molecule has 166 valence electrons. The Kier molecular flexibility index (Phi) is 6.40.